The smallest absolute Gasteiger partial charge is 0.344 e. The van der Waals surface area contributed by atoms with Crippen LogP contribution < -0.4 is 20.2 Å². The molecule has 1 atom stereocenters. The minimum Gasteiger partial charge on any atom is -0.494 e. The van der Waals surface area contributed by atoms with Gasteiger partial charge in [-0.05, 0) is 43.2 Å². The highest BCUT2D eigenvalue weighted by molar-refractivity contribution is 6.08. The van der Waals surface area contributed by atoms with E-state index in [1.165, 1.54) is 0 Å². The van der Waals surface area contributed by atoms with Crippen LogP contribution in [0, 0.1) is 0 Å². The first-order valence-corrected chi connectivity index (χ1v) is 9.37. The predicted molar refractivity (Wildman–Crippen MR) is 105 cm³/mol. The molecule has 4 amide bonds. The van der Waals surface area contributed by atoms with Gasteiger partial charge < -0.3 is 14.8 Å². The summed E-state index contributed by atoms with van der Waals surface area (Å²) < 4.78 is 10.7. The Morgan fingerprint density at radius 2 is 1.62 bits per heavy atom. The van der Waals surface area contributed by atoms with Gasteiger partial charge in [0.2, 0.25) is 0 Å². The lowest BCUT2D eigenvalue weighted by Gasteiger charge is -2.25. The summed E-state index contributed by atoms with van der Waals surface area (Å²) in [4.78, 5) is 37.6. The van der Waals surface area contributed by atoms with Crippen LogP contribution in [0.25, 0.3) is 0 Å². The molecular weight excluding hydrogens is 374 g/mol. The second-order valence-electron chi connectivity index (χ2n) is 6.42. The summed E-state index contributed by atoms with van der Waals surface area (Å²) in [5.41, 5.74) is 1.77. The van der Waals surface area contributed by atoms with Crippen molar-refractivity contribution in [2.45, 2.75) is 25.8 Å². The quantitative estimate of drug-likeness (QED) is 0.667. The van der Waals surface area contributed by atoms with E-state index in [-0.39, 0.29) is 6.61 Å². The summed E-state index contributed by atoms with van der Waals surface area (Å²) in [5, 5.41) is 3.41. The van der Waals surface area contributed by atoms with Crippen molar-refractivity contribution in [2.24, 2.45) is 0 Å². The molecule has 29 heavy (non-hydrogen) atoms. The van der Waals surface area contributed by atoms with Crippen molar-refractivity contribution in [3.8, 4) is 11.5 Å². The number of ether oxygens (including phenoxy) is 2. The van der Waals surface area contributed by atoms with E-state index in [0.717, 1.165) is 0 Å². The molecule has 2 aromatic rings. The minimum absolute atomic E-state index is 0.344. The number of hydrogen-bond acceptors (Lipinski definition) is 5. The molecule has 3 rings (SSSR count). The van der Waals surface area contributed by atoms with Crippen LogP contribution in [0.1, 0.15) is 25.8 Å². The molecule has 2 aromatic carbocycles. The molecule has 0 bridgehead atoms. The van der Waals surface area contributed by atoms with E-state index in [9.17, 15) is 14.4 Å². The fourth-order valence-electron chi connectivity index (χ4n) is 3.14. The first-order chi connectivity index (χ1) is 14.0. The number of hydrogen-bond donors (Lipinski definition) is 2. The van der Waals surface area contributed by atoms with E-state index in [0.29, 0.717) is 35.1 Å². The van der Waals surface area contributed by atoms with Gasteiger partial charge in [-0.25, -0.2) is 4.79 Å². The number of rotatable bonds is 8. The van der Waals surface area contributed by atoms with Crippen LogP contribution in [-0.2, 0) is 15.1 Å². The molecule has 0 aromatic heterocycles. The summed E-state index contributed by atoms with van der Waals surface area (Å²) in [6, 6.07) is 15.0. The summed E-state index contributed by atoms with van der Waals surface area (Å²) in [7, 11) is 0. The van der Waals surface area contributed by atoms with Gasteiger partial charge in [-0.1, -0.05) is 37.3 Å². The van der Waals surface area contributed by atoms with E-state index < -0.39 is 23.4 Å². The summed E-state index contributed by atoms with van der Waals surface area (Å²) in [6.07, 6.45) is 0.344. The van der Waals surface area contributed by atoms with Crippen molar-refractivity contribution in [1.29, 1.82) is 0 Å². The molecule has 2 N–H and O–H groups in total. The molecule has 1 aliphatic rings. The minimum atomic E-state index is -1.21. The number of carbonyl (C=O) groups is 3. The van der Waals surface area contributed by atoms with Crippen molar-refractivity contribution >= 4 is 17.8 Å². The molecule has 0 saturated carbocycles. The first-order valence-electron chi connectivity index (χ1n) is 9.37. The van der Waals surface area contributed by atoms with Crippen LogP contribution in [0.5, 0.6) is 11.5 Å². The molecule has 0 radical (unpaired) electrons. The number of benzene rings is 2. The zero-order valence-corrected chi connectivity index (χ0v) is 16.3. The lowest BCUT2D eigenvalue weighted by Crippen LogP contribution is -2.49. The van der Waals surface area contributed by atoms with E-state index in [1.54, 1.807) is 55.5 Å². The third kappa shape index (κ3) is 4.16. The van der Waals surface area contributed by atoms with Gasteiger partial charge in [0, 0.05) is 0 Å². The van der Waals surface area contributed by atoms with Gasteiger partial charge in [-0.3, -0.25) is 15.0 Å². The van der Waals surface area contributed by atoms with E-state index >= 15 is 0 Å². The Morgan fingerprint density at radius 1 is 1.00 bits per heavy atom. The molecular formula is C21H23N3O5. The fourth-order valence-corrected chi connectivity index (χ4v) is 3.14. The largest absolute Gasteiger partial charge is 0.494 e. The van der Waals surface area contributed by atoms with Crippen molar-refractivity contribution in [3.05, 3.63) is 60.2 Å². The number of nitrogens with zero attached hydrogens (tertiary/aromatic N) is 1. The lowest BCUT2D eigenvalue weighted by atomic mass is 9.87. The molecule has 0 aliphatic carbocycles. The fraction of sp³-hybridized carbons (Fsp3) is 0.286. The molecule has 1 saturated heterocycles. The maximum atomic E-state index is 13.0. The van der Waals surface area contributed by atoms with Crippen LogP contribution in [-0.4, -0.2) is 36.1 Å². The van der Waals surface area contributed by atoms with Crippen molar-refractivity contribution in [3.63, 3.8) is 0 Å². The molecule has 1 aliphatic heterocycles. The zero-order valence-electron chi connectivity index (χ0n) is 16.3. The molecule has 1 fully saturated rings. The van der Waals surface area contributed by atoms with Crippen LogP contribution >= 0.6 is 0 Å². The lowest BCUT2D eigenvalue weighted by molar-refractivity contribution is -0.140. The van der Waals surface area contributed by atoms with Crippen LogP contribution in [0.15, 0.2) is 54.6 Å². The van der Waals surface area contributed by atoms with Gasteiger partial charge in [-0.2, -0.15) is 5.01 Å². The number of imide groups is 1. The normalized spacial score (nSPS) is 18.3. The topological polar surface area (TPSA) is 97.0 Å². The monoisotopic (exact) mass is 397 g/mol. The number of nitrogens with one attached hydrogen (secondary N) is 2. The predicted octanol–water partition coefficient (Wildman–Crippen LogP) is 2.35. The number of hydrazine groups is 1. The summed E-state index contributed by atoms with van der Waals surface area (Å²) in [6.45, 7) is 3.88. The average molecular weight is 397 g/mol. The molecule has 8 nitrogen and oxygen atoms in total. The average Bonchev–Trinajstić information content (AvgIpc) is 2.99. The third-order valence-corrected chi connectivity index (χ3v) is 4.63. The van der Waals surface area contributed by atoms with Gasteiger partial charge in [0.15, 0.2) is 6.61 Å². The molecule has 8 heteroatoms. The standard InChI is InChI=1S/C21H23N3O5/c1-3-21(15-8-6-5-7-9-15)19(26)24(20(27)22-21)23-18(25)14-29-17-12-10-16(11-13-17)28-4-2/h5-13H,3-4,14H2,1-2H3,(H,22,27)(H,23,25)/t21-/m1/s1. The van der Waals surface area contributed by atoms with Crippen molar-refractivity contribution < 1.29 is 23.9 Å². The zero-order chi connectivity index (χ0) is 20.9. The Hall–Kier alpha value is -3.55. The molecule has 1 heterocycles. The second-order valence-corrected chi connectivity index (χ2v) is 6.42. The van der Waals surface area contributed by atoms with Crippen molar-refractivity contribution in [1.82, 2.24) is 15.8 Å². The van der Waals surface area contributed by atoms with Gasteiger partial charge in [0.25, 0.3) is 11.8 Å². The van der Waals surface area contributed by atoms with Gasteiger partial charge in [0.1, 0.15) is 17.0 Å². The van der Waals surface area contributed by atoms with E-state index in [4.69, 9.17) is 9.47 Å². The Labute approximate surface area is 168 Å². The highest BCUT2D eigenvalue weighted by atomic mass is 16.5. The van der Waals surface area contributed by atoms with Gasteiger partial charge in [-0.15, -0.1) is 0 Å². The SMILES string of the molecule is CCOc1ccc(OCC(=O)NN2C(=O)N[C@](CC)(c3ccccc3)C2=O)cc1. The molecule has 152 valence electrons. The summed E-state index contributed by atoms with van der Waals surface area (Å²) in [5.74, 6) is 0.00131. The maximum Gasteiger partial charge on any atom is 0.344 e. The Bertz CT molecular complexity index is 885. The first kappa shape index (κ1) is 20.2. The molecule has 0 unspecified atom stereocenters. The van der Waals surface area contributed by atoms with Crippen LogP contribution in [0.2, 0.25) is 0 Å². The molecule has 0 spiro atoms. The Morgan fingerprint density at radius 3 is 2.21 bits per heavy atom. The van der Waals surface area contributed by atoms with Crippen LogP contribution in [0.3, 0.4) is 0 Å². The summed E-state index contributed by atoms with van der Waals surface area (Å²) >= 11 is 0. The van der Waals surface area contributed by atoms with Crippen LogP contribution in [0.4, 0.5) is 4.79 Å². The second kappa shape index (κ2) is 8.64. The van der Waals surface area contributed by atoms with E-state index in [2.05, 4.69) is 10.7 Å². The number of urea groups is 1. The Balaban J connectivity index is 1.63. The number of carbonyl (C=O) groups excluding carboxylic acids is 3. The van der Waals surface area contributed by atoms with Crippen molar-refractivity contribution in [2.75, 3.05) is 13.2 Å². The third-order valence-electron chi connectivity index (χ3n) is 4.63. The van der Waals surface area contributed by atoms with Gasteiger partial charge >= 0.3 is 6.03 Å². The highest BCUT2D eigenvalue weighted by Crippen LogP contribution is 2.31. The maximum absolute atomic E-state index is 13.0. The van der Waals surface area contributed by atoms with Gasteiger partial charge in [0.05, 0.1) is 6.61 Å². The highest BCUT2D eigenvalue weighted by Gasteiger charge is 2.52. The Kier molecular flexibility index (Phi) is 6.01. The van der Waals surface area contributed by atoms with E-state index in [1.807, 2.05) is 13.0 Å². The number of amides is 4.